The van der Waals surface area contributed by atoms with Gasteiger partial charge in [0.2, 0.25) is 0 Å². The molecule has 1 aliphatic heterocycles. The molecule has 1 aromatic rings. The zero-order valence-corrected chi connectivity index (χ0v) is 8.75. The third-order valence-electron chi connectivity index (χ3n) is 2.98. The summed E-state index contributed by atoms with van der Waals surface area (Å²) in [5, 5.41) is 3.40. The van der Waals surface area contributed by atoms with Gasteiger partial charge in [-0.25, -0.2) is 4.39 Å². The first-order chi connectivity index (χ1) is 7.25. The number of hydrogen-bond donors (Lipinski definition) is 2. The molecule has 0 radical (unpaired) electrons. The van der Waals surface area contributed by atoms with Gasteiger partial charge in [-0.3, -0.25) is 0 Å². The van der Waals surface area contributed by atoms with Gasteiger partial charge in [0.1, 0.15) is 5.82 Å². The Bertz CT molecular complexity index is 321. The lowest BCUT2D eigenvalue weighted by molar-refractivity contribution is 0.497. The van der Waals surface area contributed by atoms with Crippen molar-refractivity contribution in [3.63, 3.8) is 0 Å². The van der Waals surface area contributed by atoms with Crippen LogP contribution in [0.25, 0.3) is 0 Å². The van der Waals surface area contributed by atoms with Crippen molar-refractivity contribution in [1.29, 1.82) is 0 Å². The Morgan fingerprint density at radius 3 is 3.07 bits per heavy atom. The van der Waals surface area contributed by atoms with Crippen molar-refractivity contribution in [2.24, 2.45) is 5.73 Å². The first-order valence-electron chi connectivity index (χ1n) is 5.50. The molecule has 1 aromatic carbocycles. The summed E-state index contributed by atoms with van der Waals surface area (Å²) in [5.41, 5.74) is 6.93. The van der Waals surface area contributed by atoms with Gasteiger partial charge in [-0.15, -0.1) is 0 Å². The maximum Gasteiger partial charge on any atom is 0.123 e. The van der Waals surface area contributed by atoms with Crippen LogP contribution in [0, 0.1) is 5.82 Å². The monoisotopic (exact) mass is 208 g/mol. The largest absolute Gasteiger partial charge is 0.324 e. The minimum atomic E-state index is -0.206. The zero-order valence-electron chi connectivity index (χ0n) is 8.75. The van der Waals surface area contributed by atoms with E-state index in [1.807, 2.05) is 6.07 Å². The molecule has 3 N–H and O–H groups in total. The molecule has 0 amide bonds. The van der Waals surface area contributed by atoms with E-state index in [2.05, 4.69) is 5.32 Å². The molecule has 0 bridgehead atoms. The van der Waals surface area contributed by atoms with Crippen LogP contribution in [-0.2, 0) is 0 Å². The van der Waals surface area contributed by atoms with Crippen LogP contribution in [0.4, 0.5) is 4.39 Å². The number of nitrogens with one attached hydrogen (secondary N) is 1. The SMILES string of the molecule is NC(CC1CCCN1)c1cccc(F)c1. The van der Waals surface area contributed by atoms with Crippen molar-refractivity contribution in [2.75, 3.05) is 6.54 Å². The quantitative estimate of drug-likeness (QED) is 0.797. The number of benzene rings is 1. The van der Waals surface area contributed by atoms with E-state index in [9.17, 15) is 4.39 Å². The fraction of sp³-hybridized carbons (Fsp3) is 0.500. The Morgan fingerprint density at radius 2 is 2.40 bits per heavy atom. The second-order valence-electron chi connectivity index (χ2n) is 4.19. The number of hydrogen-bond acceptors (Lipinski definition) is 2. The van der Waals surface area contributed by atoms with Crippen molar-refractivity contribution < 1.29 is 4.39 Å². The molecule has 15 heavy (non-hydrogen) atoms. The Labute approximate surface area is 89.7 Å². The van der Waals surface area contributed by atoms with E-state index < -0.39 is 0 Å². The summed E-state index contributed by atoms with van der Waals surface area (Å²) in [6, 6.07) is 7.03. The Balaban J connectivity index is 1.97. The van der Waals surface area contributed by atoms with Crippen LogP contribution < -0.4 is 11.1 Å². The predicted octanol–water partition coefficient (Wildman–Crippen LogP) is 1.97. The topological polar surface area (TPSA) is 38.0 Å². The molecule has 2 atom stereocenters. The van der Waals surface area contributed by atoms with Gasteiger partial charge in [0, 0.05) is 12.1 Å². The third-order valence-corrected chi connectivity index (χ3v) is 2.98. The molecule has 0 aromatic heterocycles. The number of nitrogens with two attached hydrogens (primary N) is 1. The number of rotatable bonds is 3. The van der Waals surface area contributed by atoms with Crippen molar-refractivity contribution in [1.82, 2.24) is 5.32 Å². The van der Waals surface area contributed by atoms with Crippen LogP contribution in [0.1, 0.15) is 30.9 Å². The molecule has 0 spiro atoms. The van der Waals surface area contributed by atoms with Crippen LogP contribution in [0.5, 0.6) is 0 Å². The van der Waals surface area contributed by atoms with E-state index in [-0.39, 0.29) is 11.9 Å². The highest BCUT2D eigenvalue weighted by atomic mass is 19.1. The predicted molar refractivity (Wildman–Crippen MR) is 59.0 cm³/mol. The Hall–Kier alpha value is -0.930. The first kappa shape index (κ1) is 10.6. The lowest BCUT2D eigenvalue weighted by Gasteiger charge is -2.17. The van der Waals surface area contributed by atoms with Gasteiger partial charge in [-0.1, -0.05) is 12.1 Å². The Morgan fingerprint density at radius 1 is 1.53 bits per heavy atom. The summed E-state index contributed by atoms with van der Waals surface area (Å²) in [6.07, 6.45) is 3.30. The summed E-state index contributed by atoms with van der Waals surface area (Å²) >= 11 is 0. The minimum absolute atomic E-state index is 0.0590. The summed E-state index contributed by atoms with van der Waals surface area (Å²) in [7, 11) is 0. The van der Waals surface area contributed by atoms with E-state index in [1.165, 1.54) is 25.0 Å². The van der Waals surface area contributed by atoms with Crippen LogP contribution in [0.3, 0.4) is 0 Å². The molecule has 2 nitrogen and oxygen atoms in total. The van der Waals surface area contributed by atoms with E-state index in [4.69, 9.17) is 5.73 Å². The minimum Gasteiger partial charge on any atom is -0.324 e. The van der Waals surface area contributed by atoms with Gasteiger partial charge in [0.05, 0.1) is 0 Å². The van der Waals surface area contributed by atoms with Crippen LogP contribution in [0.15, 0.2) is 24.3 Å². The average molecular weight is 208 g/mol. The molecule has 2 rings (SSSR count). The van der Waals surface area contributed by atoms with Gasteiger partial charge in [-0.2, -0.15) is 0 Å². The lowest BCUT2D eigenvalue weighted by Crippen LogP contribution is -2.26. The summed E-state index contributed by atoms with van der Waals surface area (Å²) in [6.45, 7) is 1.08. The third kappa shape index (κ3) is 2.76. The van der Waals surface area contributed by atoms with Crippen LogP contribution in [-0.4, -0.2) is 12.6 Å². The molecule has 1 aliphatic rings. The molecular weight excluding hydrogens is 191 g/mol. The molecule has 1 fully saturated rings. The molecule has 0 saturated carbocycles. The summed E-state index contributed by atoms with van der Waals surface area (Å²) in [5.74, 6) is -0.206. The summed E-state index contributed by atoms with van der Waals surface area (Å²) < 4.78 is 13.0. The van der Waals surface area contributed by atoms with Crippen molar-refractivity contribution in [3.8, 4) is 0 Å². The van der Waals surface area contributed by atoms with Gasteiger partial charge >= 0.3 is 0 Å². The van der Waals surface area contributed by atoms with Crippen molar-refractivity contribution in [3.05, 3.63) is 35.6 Å². The molecule has 1 saturated heterocycles. The first-order valence-corrected chi connectivity index (χ1v) is 5.50. The fourth-order valence-corrected chi connectivity index (χ4v) is 2.14. The van der Waals surface area contributed by atoms with Crippen molar-refractivity contribution >= 4 is 0 Å². The standard InChI is InChI=1S/C12H17FN2/c13-10-4-1-3-9(7-10)12(14)8-11-5-2-6-15-11/h1,3-4,7,11-12,15H,2,5-6,8,14H2. The molecule has 2 unspecified atom stereocenters. The molecular formula is C12H17FN2. The maximum absolute atomic E-state index is 13.0. The van der Waals surface area contributed by atoms with E-state index in [1.54, 1.807) is 6.07 Å². The summed E-state index contributed by atoms with van der Waals surface area (Å²) in [4.78, 5) is 0. The van der Waals surface area contributed by atoms with E-state index in [0.717, 1.165) is 18.5 Å². The Kier molecular flexibility index (Phi) is 3.34. The lowest BCUT2D eigenvalue weighted by atomic mass is 9.99. The molecule has 3 heteroatoms. The molecule has 0 aliphatic carbocycles. The van der Waals surface area contributed by atoms with Gasteiger partial charge < -0.3 is 11.1 Å². The van der Waals surface area contributed by atoms with Gasteiger partial charge in [-0.05, 0) is 43.5 Å². The highest BCUT2D eigenvalue weighted by molar-refractivity contribution is 5.20. The van der Waals surface area contributed by atoms with Crippen LogP contribution >= 0.6 is 0 Å². The highest BCUT2D eigenvalue weighted by Gasteiger charge is 2.18. The molecule has 1 heterocycles. The van der Waals surface area contributed by atoms with Crippen molar-refractivity contribution in [2.45, 2.75) is 31.3 Å². The van der Waals surface area contributed by atoms with E-state index in [0.29, 0.717) is 6.04 Å². The second kappa shape index (κ2) is 4.73. The van der Waals surface area contributed by atoms with Gasteiger partial charge in [0.15, 0.2) is 0 Å². The van der Waals surface area contributed by atoms with Gasteiger partial charge in [0.25, 0.3) is 0 Å². The second-order valence-corrected chi connectivity index (χ2v) is 4.19. The van der Waals surface area contributed by atoms with E-state index >= 15 is 0 Å². The smallest absolute Gasteiger partial charge is 0.123 e. The average Bonchev–Trinajstić information content (AvgIpc) is 2.70. The zero-order chi connectivity index (χ0) is 10.7. The molecule has 82 valence electrons. The van der Waals surface area contributed by atoms with Crippen LogP contribution in [0.2, 0.25) is 0 Å². The normalized spacial score (nSPS) is 22.9. The number of halogens is 1. The highest BCUT2D eigenvalue weighted by Crippen LogP contribution is 2.20. The maximum atomic E-state index is 13.0. The fourth-order valence-electron chi connectivity index (χ4n) is 2.14.